The molecule has 0 saturated carbocycles. The molecule has 0 radical (unpaired) electrons. The van der Waals surface area contributed by atoms with Gasteiger partial charge in [-0.15, -0.1) is 0 Å². The van der Waals surface area contributed by atoms with Crippen LogP contribution in [0.3, 0.4) is 0 Å². The molecule has 5 nitrogen and oxygen atoms in total. The number of likely N-dealkylation sites (tertiary alicyclic amines) is 1. The van der Waals surface area contributed by atoms with Crippen molar-refractivity contribution in [2.75, 3.05) is 38.6 Å². The summed E-state index contributed by atoms with van der Waals surface area (Å²) in [6, 6.07) is 0. The van der Waals surface area contributed by atoms with Crippen LogP contribution in [0.1, 0.15) is 33.6 Å². The monoisotopic (exact) mass is 291 g/mol. The molecule has 2 aliphatic rings. The van der Waals surface area contributed by atoms with Gasteiger partial charge in [-0.05, 0) is 20.8 Å². The first-order chi connectivity index (χ1) is 8.74. The zero-order valence-corrected chi connectivity index (χ0v) is 13.0. The fraction of sp³-hybridized carbons (Fsp3) is 1.00. The predicted octanol–water partition coefficient (Wildman–Crippen LogP) is 1.04. The Morgan fingerprint density at radius 3 is 2.11 bits per heavy atom. The summed E-state index contributed by atoms with van der Waals surface area (Å²) in [6.07, 6.45) is 1.67. The highest BCUT2D eigenvalue weighted by Gasteiger charge is 2.40. The van der Waals surface area contributed by atoms with E-state index >= 15 is 0 Å². The van der Waals surface area contributed by atoms with Crippen molar-refractivity contribution in [3.8, 4) is 0 Å². The Morgan fingerprint density at radius 1 is 1.11 bits per heavy atom. The lowest BCUT2D eigenvalue weighted by molar-refractivity contribution is -0.184. The molecule has 2 fully saturated rings. The lowest BCUT2D eigenvalue weighted by atomic mass is 10.0. The fourth-order valence-corrected chi connectivity index (χ4v) is 3.57. The van der Waals surface area contributed by atoms with Crippen molar-refractivity contribution in [1.82, 2.24) is 4.90 Å². The van der Waals surface area contributed by atoms with E-state index in [9.17, 15) is 8.42 Å². The number of hydrogen-bond acceptors (Lipinski definition) is 5. The molecule has 0 atom stereocenters. The van der Waals surface area contributed by atoms with Crippen molar-refractivity contribution in [3.63, 3.8) is 0 Å². The molecule has 0 aromatic heterocycles. The Bertz CT molecular complexity index is 397. The van der Waals surface area contributed by atoms with E-state index in [2.05, 4.69) is 4.90 Å². The Hall–Kier alpha value is -0.170. The van der Waals surface area contributed by atoms with Crippen molar-refractivity contribution < 1.29 is 17.9 Å². The first kappa shape index (κ1) is 15.2. The van der Waals surface area contributed by atoms with Gasteiger partial charge in [0.25, 0.3) is 0 Å². The predicted molar refractivity (Wildman–Crippen MR) is 73.8 cm³/mol. The number of hydrogen-bond donors (Lipinski definition) is 0. The average Bonchev–Trinajstić information content (AvgIpc) is 2.76. The van der Waals surface area contributed by atoms with Gasteiger partial charge in [0.15, 0.2) is 15.6 Å². The normalized spacial score (nSPS) is 25.0. The van der Waals surface area contributed by atoms with Crippen LogP contribution in [0.15, 0.2) is 0 Å². The van der Waals surface area contributed by atoms with Crippen LogP contribution in [-0.4, -0.2) is 62.5 Å². The van der Waals surface area contributed by atoms with Crippen molar-refractivity contribution in [2.45, 2.75) is 44.1 Å². The molecule has 1 spiro atoms. The third-order valence-corrected chi connectivity index (χ3v) is 6.63. The summed E-state index contributed by atoms with van der Waals surface area (Å²) in [5, 5.41) is 0. The van der Waals surface area contributed by atoms with Gasteiger partial charge in [-0.2, -0.15) is 0 Å². The van der Waals surface area contributed by atoms with E-state index in [1.807, 2.05) is 0 Å². The molecular weight excluding hydrogens is 266 g/mol. The summed E-state index contributed by atoms with van der Waals surface area (Å²) >= 11 is 0. The number of piperidine rings is 1. The standard InChI is InChI=1S/C13H25NO4S/c1-12(2,3)19(15,16)11-8-14-6-4-13(5-7-14)17-9-10-18-13/h4-11H2,1-3H3. The number of nitrogens with zero attached hydrogens (tertiary/aromatic N) is 1. The maximum atomic E-state index is 12.1. The van der Waals surface area contributed by atoms with Gasteiger partial charge in [-0.25, -0.2) is 8.42 Å². The zero-order valence-electron chi connectivity index (χ0n) is 12.1. The van der Waals surface area contributed by atoms with Crippen LogP contribution in [0.5, 0.6) is 0 Å². The molecule has 0 aromatic rings. The summed E-state index contributed by atoms with van der Waals surface area (Å²) in [5.74, 6) is -0.148. The van der Waals surface area contributed by atoms with Crippen LogP contribution in [0, 0.1) is 0 Å². The third-order valence-electron chi connectivity index (χ3n) is 4.04. The molecule has 112 valence electrons. The lowest BCUT2D eigenvalue weighted by Crippen LogP contribution is -2.47. The first-order valence-corrected chi connectivity index (χ1v) is 8.62. The number of ether oxygens (including phenoxy) is 2. The van der Waals surface area contributed by atoms with E-state index < -0.39 is 14.6 Å². The first-order valence-electron chi connectivity index (χ1n) is 6.97. The maximum Gasteiger partial charge on any atom is 0.170 e. The molecular formula is C13H25NO4S. The van der Waals surface area contributed by atoms with Gasteiger partial charge in [0, 0.05) is 32.5 Å². The van der Waals surface area contributed by atoms with E-state index in [0.29, 0.717) is 19.8 Å². The number of rotatable bonds is 3. The molecule has 0 amide bonds. The van der Waals surface area contributed by atoms with E-state index in [1.54, 1.807) is 20.8 Å². The van der Waals surface area contributed by atoms with Crippen LogP contribution in [0.2, 0.25) is 0 Å². The number of sulfone groups is 1. The van der Waals surface area contributed by atoms with Gasteiger partial charge in [-0.1, -0.05) is 0 Å². The van der Waals surface area contributed by atoms with Crippen LogP contribution in [-0.2, 0) is 19.3 Å². The maximum absolute atomic E-state index is 12.1. The average molecular weight is 291 g/mol. The molecule has 6 heteroatoms. The van der Waals surface area contributed by atoms with Crippen LogP contribution in [0.4, 0.5) is 0 Å². The Kier molecular flexibility index (Phi) is 4.26. The van der Waals surface area contributed by atoms with E-state index in [4.69, 9.17) is 9.47 Å². The van der Waals surface area contributed by atoms with Crippen molar-refractivity contribution in [3.05, 3.63) is 0 Å². The quantitative estimate of drug-likeness (QED) is 0.777. The summed E-state index contributed by atoms with van der Waals surface area (Å²) in [6.45, 7) is 8.93. The minimum Gasteiger partial charge on any atom is -0.347 e. The van der Waals surface area contributed by atoms with Crippen molar-refractivity contribution in [2.24, 2.45) is 0 Å². The van der Waals surface area contributed by atoms with Gasteiger partial charge in [0.1, 0.15) is 0 Å². The van der Waals surface area contributed by atoms with Gasteiger partial charge in [0.05, 0.1) is 23.7 Å². The second kappa shape index (κ2) is 5.31. The SMILES string of the molecule is CC(C)(C)S(=O)(=O)CCN1CCC2(CC1)OCCO2. The van der Waals surface area contributed by atoms with Gasteiger partial charge in [-0.3, -0.25) is 0 Å². The van der Waals surface area contributed by atoms with Crippen LogP contribution >= 0.6 is 0 Å². The highest BCUT2D eigenvalue weighted by atomic mass is 32.2. The van der Waals surface area contributed by atoms with Gasteiger partial charge in [0.2, 0.25) is 0 Å². The Morgan fingerprint density at radius 2 is 1.63 bits per heavy atom. The molecule has 0 unspecified atom stereocenters. The smallest absolute Gasteiger partial charge is 0.170 e. The highest BCUT2D eigenvalue weighted by molar-refractivity contribution is 7.92. The minimum absolute atomic E-state index is 0.227. The summed E-state index contributed by atoms with van der Waals surface area (Å²) in [5.41, 5.74) is 0. The lowest BCUT2D eigenvalue weighted by Gasteiger charge is -2.37. The molecule has 2 saturated heterocycles. The van der Waals surface area contributed by atoms with Gasteiger partial charge >= 0.3 is 0 Å². The van der Waals surface area contributed by atoms with E-state index in [1.165, 1.54) is 0 Å². The van der Waals surface area contributed by atoms with Crippen LogP contribution < -0.4 is 0 Å². The molecule has 0 N–H and O–H groups in total. The molecule has 0 bridgehead atoms. The molecule has 19 heavy (non-hydrogen) atoms. The highest BCUT2D eigenvalue weighted by Crippen LogP contribution is 2.31. The largest absolute Gasteiger partial charge is 0.347 e. The van der Waals surface area contributed by atoms with E-state index in [0.717, 1.165) is 25.9 Å². The molecule has 2 heterocycles. The zero-order chi connectivity index (χ0) is 14.1. The Labute approximate surface area is 116 Å². The molecule has 0 aromatic carbocycles. The summed E-state index contributed by atoms with van der Waals surface area (Å²) in [4.78, 5) is 2.19. The van der Waals surface area contributed by atoms with Gasteiger partial charge < -0.3 is 14.4 Å². The Balaban J connectivity index is 1.80. The third kappa shape index (κ3) is 3.48. The van der Waals surface area contributed by atoms with Crippen LogP contribution in [0.25, 0.3) is 0 Å². The molecule has 0 aliphatic carbocycles. The topological polar surface area (TPSA) is 55.8 Å². The summed E-state index contributed by atoms with van der Waals surface area (Å²) in [7, 11) is -3.03. The van der Waals surface area contributed by atoms with Crippen molar-refractivity contribution >= 4 is 9.84 Å². The second-order valence-corrected chi connectivity index (χ2v) is 9.24. The van der Waals surface area contributed by atoms with E-state index in [-0.39, 0.29) is 11.5 Å². The summed E-state index contributed by atoms with van der Waals surface area (Å²) < 4.78 is 34.8. The minimum atomic E-state index is -3.03. The fourth-order valence-electron chi connectivity index (χ4n) is 2.46. The molecule has 2 rings (SSSR count). The second-order valence-electron chi connectivity index (χ2n) is 6.38. The van der Waals surface area contributed by atoms with Crippen molar-refractivity contribution in [1.29, 1.82) is 0 Å². The molecule has 2 aliphatic heterocycles.